The Labute approximate surface area is 108 Å². The van der Waals surface area contributed by atoms with Gasteiger partial charge in [0.1, 0.15) is 0 Å². The minimum atomic E-state index is -0.373. The average molecular weight is 248 g/mol. The fourth-order valence-corrected chi connectivity index (χ4v) is 3.14. The monoisotopic (exact) mass is 248 g/mol. The van der Waals surface area contributed by atoms with E-state index in [9.17, 15) is 5.11 Å². The number of rotatable bonds is 2. The van der Waals surface area contributed by atoms with Crippen molar-refractivity contribution in [2.75, 3.05) is 6.79 Å². The van der Waals surface area contributed by atoms with Gasteiger partial charge in [-0.3, -0.25) is 0 Å². The van der Waals surface area contributed by atoms with Crippen molar-refractivity contribution in [1.82, 2.24) is 0 Å². The number of fused-ring (bicyclic) bond motifs is 1. The molecule has 3 atom stereocenters. The molecule has 1 aliphatic carbocycles. The van der Waals surface area contributed by atoms with Gasteiger partial charge < -0.3 is 14.6 Å². The van der Waals surface area contributed by atoms with Gasteiger partial charge in [-0.25, -0.2) is 0 Å². The summed E-state index contributed by atoms with van der Waals surface area (Å²) in [6.07, 6.45) is 4.40. The van der Waals surface area contributed by atoms with Crippen LogP contribution in [0.1, 0.15) is 44.3 Å². The first kappa shape index (κ1) is 11.8. The third-order valence-electron chi connectivity index (χ3n) is 4.16. The number of ether oxygens (including phenoxy) is 2. The van der Waals surface area contributed by atoms with Gasteiger partial charge >= 0.3 is 0 Å². The highest BCUT2D eigenvalue weighted by Gasteiger charge is 2.27. The van der Waals surface area contributed by atoms with Crippen molar-refractivity contribution in [2.45, 2.75) is 38.7 Å². The van der Waals surface area contributed by atoms with Gasteiger partial charge in [-0.05, 0) is 42.4 Å². The lowest BCUT2D eigenvalue weighted by atomic mass is 9.78. The molecule has 3 rings (SSSR count). The van der Waals surface area contributed by atoms with Gasteiger partial charge in [0.2, 0.25) is 6.79 Å². The van der Waals surface area contributed by atoms with Crippen LogP contribution in [-0.2, 0) is 0 Å². The number of aliphatic hydroxyl groups excluding tert-OH is 1. The van der Waals surface area contributed by atoms with Crippen LogP contribution in [-0.4, -0.2) is 11.9 Å². The number of benzene rings is 1. The van der Waals surface area contributed by atoms with E-state index in [2.05, 4.69) is 6.92 Å². The van der Waals surface area contributed by atoms with E-state index in [0.29, 0.717) is 5.92 Å². The Morgan fingerprint density at radius 2 is 2.06 bits per heavy atom. The van der Waals surface area contributed by atoms with Gasteiger partial charge in [-0.1, -0.05) is 25.8 Å². The van der Waals surface area contributed by atoms with E-state index in [1.54, 1.807) is 0 Å². The summed E-state index contributed by atoms with van der Waals surface area (Å²) in [5.74, 6) is 2.65. The topological polar surface area (TPSA) is 38.7 Å². The molecule has 0 aromatic heterocycles. The minimum absolute atomic E-state index is 0.287. The number of hydrogen-bond donors (Lipinski definition) is 1. The molecule has 0 spiro atoms. The van der Waals surface area contributed by atoms with Crippen LogP contribution < -0.4 is 9.47 Å². The fraction of sp³-hybridized carbons (Fsp3) is 0.600. The SMILES string of the molecule is CC1CCCC(C(O)c2ccc3c(c2)OCO3)C1. The van der Waals surface area contributed by atoms with Gasteiger partial charge in [0.05, 0.1) is 6.10 Å². The van der Waals surface area contributed by atoms with Crippen molar-refractivity contribution < 1.29 is 14.6 Å². The van der Waals surface area contributed by atoms with Crippen LogP contribution >= 0.6 is 0 Å². The molecule has 1 fully saturated rings. The summed E-state index contributed by atoms with van der Waals surface area (Å²) in [4.78, 5) is 0. The molecule has 0 amide bonds. The first-order valence-corrected chi connectivity index (χ1v) is 6.81. The molecule has 1 aliphatic heterocycles. The Bertz CT molecular complexity index is 430. The highest BCUT2D eigenvalue weighted by Crippen LogP contribution is 2.40. The highest BCUT2D eigenvalue weighted by atomic mass is 16.7. The van der Waals surface area contributed by atoms with Crippen LogP contribution in [0.4, 0.5) is 0 Å². The lowest BCUT2D eigenvalue weighted by Gasteiger charge is -2.30. The Kier molecular flexibility index (Phi) is 3.16. The van der Waals surface area contributed by atoms with Gasteiger partial charge in [0.25, 0.3) is 0 Å². The molecular weight excluding hydrogens is 228 g/mol. The third-order valence-corrected chi connectivity index (χ3v) is 4.16. The molecule has 3 unspecified atom stereocenters. The molecule has 1 aromatic rings. The second kappa shape index (κ2) is 4.81. The predicted octanol–water partition coefficient (Wildman–Crippen LogP) is 3.28. The van der Waals surface area contributed by atoms with Crippen LogP contribution in [0.3, 0.4) is 0 Å². The van der Waals surface area contributed by atoms with E-state index in [1.807, 2.05) is 18.2 Å². The standard InChI is InChI=1S/C15H20O3/c1-10-3-2-4-11(7-10)15(16)12-5-6-13-14(8-12)18-9-17-13/h5-6,8,10-11,15-16H,2-4,7,9H2,1H3. The van der Waals surface area contributed by atoms with Crippen molar-refractivity contribution in [3.63, 3.8) is 0 Å². The summed E-state index contributed by atoms with van der Waals surface area (Å²) in [5.41, 5.74) is 0.957. The Morgan fingerprint density at radius 1 is 1.22 bits per heavy atom. The largest absolute Gasteiger partial charge is 0.454 e. The molecule has 0 saturated heterocycles. The van der Waals surface area contributed by atoms with E-state index < -0.39 is 0 Å². The van der Waals surface area contributed by atoms with Crippen LogP contribution in [0, 0.1) is 11.8 Å². The van der Waals surface area contributed by atoms with Crippen LogP contribution in [0.2, 0.25) is 0 Å². The van der Waals surface area contributed by atoms with E-state index in [4.69, 9.17) is 9.47 Å². The Morgan fingerprint density at radius 3 is 2.89 bits per heavy atom. The van der Waals surface area contributed by atoms with Crippen molar-refractivity contribution >= 4 is 0 Å². The second-order valence-corrected chi connectivity index (χ2v) is 5.59. The first-order valence-electron chi connectivity index (χ1n) is 6.81. The molecule has 3 heteroatoms. The van der Waals surface area contributed by atoms with Crippen molar-refractivity contribution in [3.8, 4) is 11.5 Å². The lowest BCUT2D eigenvalue weighted by molar-refractivity contribution is 0.0712. The third kappa shape index (κ3) is 2.19. The zero-order valence-electron chi connectivity index (χ0n) is 10.8. The maximum absolute atomic E-state index is 10.5. The summed E-state index contributed by atoms with van der Waals surface area (Å²) in [6.45, 7) is 2.56. The Balaban J connectivity index is 1.77. The molecule has 1 aromatic carbocycles. The van der Waals surface area contributed by atoms with Crippen molar-refractivity contribution in [2.24, 2.45) is 11.8 Å². The van der Waals surface area contributed by atoms with Crippen LogP contribution in [0.15, 0.2) is 18.2 Å². The summed E-state index contributed by atoms with van der Waals surface area (Å²) in [5, 5.41) is 10.5. The molecule has 1 heterocycles. The molecule has 0 radical (unpaired) electrons. The van der Waals surface area contributed by atoms with Crippen LogP contribution in [0.5, 0.6) is 11.5 Å². The minimum Gasteiger partial charge on any atom is -0.454 e. The van der Waals surface area contributed by atoms with E-state index >= 15 is 0 Å². The highest BCUT2D eigenvalue weighted by molar-refractivity contribution is 5.45. The molecule has 1 saturated carbocycles. The van der Waals surface area contributed by atoms with Crippen LogP contribution in [0.25, 0.3) is 0 Å². The number of hydrogen-bond acceptors (Lipinski definition) is 3. The Hall–Kier alpha value is -1.22. The molecule has 1 N–H and O–H groups in total. The molecule has 2 aliphatic rings. The van der Waals surface area contributed by atoms with Gasteiger partial charge in [0.15, 0.2) is 11.5 Å². The molecule has 3 nitrogen and oxygen atoms in total. The van der Waals surface area contributed by atoms with Crippen molar-refractivity contribution in [3.05, 3.63) is 23.8 Å². The molecule has 18 heavy (non-hydrogen) atoms. The molecular formula is C15H20O3. The number of aliphatic hydroxyl groups is 1. The first-order chi connectivity index (χ1) is 8.74. The summed E-state index contributed by atoms with van der Waals surface area (Å²) in [7, 11) is 0. The van der Waals surface area contributed by atoms with E-state index in [1.165, 1.54) is 12.8 Å². The van der Waals surface area contributed by atoms with Gasteiger partial charge in [-0.2, -0.15) is 0 Å². The van der Waals surface area contributed by atoms with E-state index in [0.717, 1.165) is 35.8 Å². The normalized spacial score (nSPS) is 28.1. The quantitative estimate of drug-likeness (QED) is 0.873. The van der Waals surface area contributed by atoms with Gasteiger partial charge in [0, 0.05) is 0 Å². The summed E-state index contributed by atoms with van der Waals surface area (Å²) < 4.78 is 10.7. The second-order valence-electron chi connectivity index (χ2n) is 5.59. The summed E-state index contributed by atoms with van der Waals surface area (Å²) in [6, 6.07) is 5.77. The zero-order valence-corrected chi connectivity index (χ0v) is 10.8. The maximum atomic E-state index is 10.5. The van der Waals surface area contributed by atoms with Crippen molar-refractivity contribution in [1.29, 1.82) is 0 Å². The predicted molar refractivity (Wildman–Crippen MR) is 68.6 cm³/mol. The smallest absolute Gasteiger partial charge is 0.231 e. The summed E-state index contributed by atoms with van der Waals surface area (Å²) >= 11 is 0. The molecule has 98 valence electrons. The van der Waals surface area contributed by atoms with Gasteiger partial charge in [-0.15, -0.1) is 0 Å². The molecule has 0 bridgehead atoms. The maximum Gasteiger partial charge on any atom is 0.231 e. The zero-order chi connectivity index (χ0) is 12.5. The van der Waals surface area contributed by atoms with E-state index in [-0.39, 0.29) is 12.9 Å². The lowest BCUT2D eigenvalue weighted by Crippen LogP contribution is -2.20. The fourth-order valence-electron chi connectivity index (χ4n) is 3.14. The average Bonchev–Trinajstić information content (AvgIpc) is 2.85.